The SMILES string of the molecule is CNC(=O)NC(=O)CCN1CCN[C@H](C)C1. The monoisotopic (exact) mass is 228 g/mol. The summed E-state index contributed by atoms with van der Waals surface area (Å²) in [6.07, 6.45) is 0.361. The van der Waals surface area contributed by atoms with Gasteiger partial charge in [0.15, 0.2) is 0 Å². The Hall–Kier alpha value is -1.14. The molecule has 0 aromatic rings. The highest BCUT2D eigenvalue weighted by atomic mass is 16.2. The van der Waals surface area contributed by atoms with Crippen LogP contribution in [0.2, 0.25) is 0 Å². The number of nitrogens with zero attached hydrogens (tertiary/aromatic N) is 1. The molecule has 1 heterocycles. The molecular weight excluding hydrogens is 208 g/mol. The maximum absolute atomic E-state index is 11.3. The molecule has 6 nitrogen and oxygen atoms in total. The highest BCUT2D eigenvalue weighted by Gasteiger charge is 2.16. The van der Waals surface area contributed by atoms with Crippen molar-refractivity contribution < 1.29 is 9.59 Å². The smallest absolute Gasteiger partial charge is 0.321 e. The van der Waals surface area contributed by atoms with Crippen LogP contribution in [0, 0.1) is 0 Å². The van der Waals surface area contributed by atoms with Crippen LogP contribution in [0.25, 0.3) is 0 Å². The molecule has 0 aliphatic carbocycles. The van der Waals surface area contributed by atoms with Crippen molar-refractivity contribution in [1.82, 2.24) is 20.9 Å². The summed E-state index contributed by atoms with van der Waals surface area (Å²) >= 11 is 0. The molecule has 1 atom stereocenters. The average molecular weight is 228 g/mol. The largest absolute Gasteiger partial charge is 0.341 e. The van der Waals surface area contributed by atoms with E-state index in [2.05, 4.69) is 27.8 Å². The van der Waals surface area contributed by atoms with Gasteiger partial charge >= 0.3 is 6.03 Å². The summed E-state index contributed by atoms with van der Waals surface area (Å²) in [4.78, 5) is 24.4. The number of hydrogen-bond donors (Lipinski definition) is 3. The van der Waals surface area contributed by atoms with E-state index in [0.717, 1.165) is 19.6 Å². The van der Waals surface area contributed by atoms with Crippen molar-refractivity contribution in [3.63, 3.8) is 0 Å². The predicted octanol–water partition coefficient (Wildman–Crippen LogP) is -0.874. The molecule has 1 rings (SSSR count). The van der Waals surface area contributed by atoms with Gasteiger partial charge in [-0.25, -0.2) is 4.79 Å². The van der Waals surface area contributed by atoms with Crippen molar-refractivity contribution in [2.75, 3.05) is 33.2 Å². The van der Waals surface area contributed by atoms with E-state index in [1.807, 2.05) is 0 Å². The van der Waals surface area contributed by atoms with Gasteiger partial charge in [-0.2, -0.15) is 0 Å². The van der Waals surface area contributed by atoms with E-state index in [-0.39, 0.29) is 5.91 Å². The summed E-state index contributed by atoms with van der Waals surface area (Å²) in [5, 5.41) is 7.93. The number of piperazine rings is 1. The number of imide groups is 1. The molecule has 92 valence electrons. The first-order valence-corrected chi connectivity index (χ1v) is 5.59. The van der Waals surface area contributed by atoms with Gasteiger partial charge in [0.25, 0.3) is 0 Å². The van der Waals surface area contributed by atoms with Crippen LogP contribution in [0.5, 0.6) is 0 Å². The number of carbonyl (C=O) groups is 2. The Morgan fingerprint density at radius 2 is 2.25 bits per heavy atom. The molecule has 0 aromatic heterocycles. The fourth-order valence-corrected chi connectivity index (χ4v) is 1.73. The maximum Gasteiger partial charge on any atom is 0.321 e. The molecule has 0 unspecified atom stereocenters. The van der Waals surface area contributed by atoms with Crippen molar-refractivity contribution in [2.24, 2.45) is 0 Å². The summed E-state index contributed by atoms with van der Waals surface area (Å²) in [6, 6.07) is 0.0226. The van der Waals surface area contributed by atoms with E-state index in [9.17, 15) is 9.59 Å². The van der Waals surface area contributed by atoms with Crippen molar-refractivity contribution in [2.45, 2.75) is 19.4 Å². The van der Waals surface area contributed by atoms with E-state index < -0.39 is 6.03 Å². The van der Waals surface area contributed by atoms with Crippen LogP contribution in [0.4, 0.5) is 4.79 Å². The number of carbonyl (C=O) groups excluding carboxylic acids is 2. The second kappa shape index (κ2) is 6.44. The third kappa shape index (κ3) is 4.59. The first-order valence-electron chi connectivity index (χ1n) is 5.59. The van der Waals surface area contributed by atoms with E-state index in [0.29, 0.717) is 19.0 Å². The van der Waals surface area contributed by atoms with Gasteiger partial charge in [-0.1, -0.05) is 0 Å². The molecule has 3 N–H and O–H groups in total. The van der Waals surface area contributed by atoms with Crippen molar-refractivity contribution in [3.8, 4) is 0 Å². The molecule has 1 aliphatic heterocycles. The van der Waals surface area contributed by atoms with Gasteiger partial charge in [0.2, 0.25) is 5.91 Å². The van der Waals surface area contributed by atoms with Crippen LogP contribution in [-0.4, -0.2) is 56.1 Å². The molecule has 0 saturated carbocycles. The van der Waals surface area contributed by atoms with E-state index >= 15 is 0 Å². The summed E-state index contributed by atoms with van der Waals surface area (Å²) in [5.74, 6) is -0.231. The van der Waals surface area contributed by atoms with Crippen molar-refractivity contribution in [3.05, 3.63) is 0 Å². The first kappa shape index (κ1) is 12.9. The number of urea groups is 1. The molecule has 1 fully saturated rings. The van der Waals surface area contributed by atoms with Crippen LogP contribution in [0.1, 0.15) is 13.3 Å². The molecular formula is C10H20N4O2. The Kier molecular flexibility index (Phi) is 5.21. The van der Waals surface area contributed by atoms with E-state index in [1.54, 1.807) is 0 Å². The Morgan fingerprint density at radius 1 is 1.50 bits per heavy atom. The Balaban J connectivity index is 2.18. The molecule has 3 amide bonds. The molecule has 1 saturated heterocycles. The quantitative estimate of drug-likeness (QED) is 0.587. The average Bonchev–Trinajstić information content (AvgIpc) is 2.26. The van der Waals surface area contributed by atoms with Gasteiger partial charge in [0, 0.05) is 45.7 Å². The molecule has 0 bridgehead atoms. The number of hydrogen-bond acceptors (Lipinski definition) is 4. The molecule has 16 heavy (non-hydrogen) atoms. The zero-order valence-electron chi connectivity index (χ0n) is 9.88. The zero-order chi connectivity index (χ0) is 12.0. The molecule has 0 spiro atoms. The normalized spacial score (nSPS) is 21.5. The fraction of sp³-hybridized carbons (Fsp3) is 0.800. The highest BCUT2D eigenvalue weighted by molar-refractivity contribution is 5.94. The number of amides is 3. The topological polar surface area (TPSA) is 73.5 Å². The lowest BCUT2D eigenvalue weighted by molar-refractivity contribution is -0.120. The molecule has 6 heteroatoms. The lowest BCUT2D eigenvalue weighted by Crippen LogP contribution is -2.50. The Bertz CT molecular complexity index is 257. The predicted molar refractivity (Wildman–Crippen MR) is 61.1 cm³/mol. The van der Waals surface area contributed by atoms with Gasteiger partial charge in [0.05, 0.1) is 0 Å². The number of rotatable bonds is 3. The van der Waals surface area contributed by atoms with Crippen LogP contribution in [-0.2, 0) is 4.79 Å². The van der Waals surface area contributed by atoms with E-state index in [1.165, 1.54) is 7.05 Å². The van der Waals surface area contributed by atoms with E-state index in [4.69, 9.17) is 0 Å². The third-order valence-corrected chi connectivity index (χ3v) is 2.59. The van der Waals surface area contributed by atoms with Gasteiger partial charge in [0.1, 0.15) is 0 Å². The van der Waals surface area contributed by atoms with Gasteiger partial charge in [-0.3, -0.25) is 10.1 Å². The maximum atomic E-state index is 11.3. The standard InChI is InChI=1S/C10H20N4O2/c1-8-7-14(6-4-12-8)5-3-9(15)13-10(16)11-2/h8,12H,3-7H2,1-2H3,(H2,11,13,15,16)/t8-/m1/s1. The minimum atomic E-state index is -0.446. The summed E-state index contributed by atoms with van der Waals surface area (Å²) in [7, 11) is 1.49. The Labute approximate surface area is 95.8 Å². The summed E-state index contributed by atoms with van der Waals surface area (Å²) in [6.45, 7) is 5.69. The van der Waals surface area contributed by atoms with Crippen molar-refractivity contribution >= 4 is 11.9 Å². The van der Waals surface area contributed by atoms with Gasteiger partial charge < -0.3 is 15.5 Å². The van der Waals surface area contributed by atoms with Crippen molar-refractivity contribution in [1.29, 1.82) is 0 Å². The third-order valence-electron chi connectivity index (χ3n) is 2.59. The molecule has 1 aliphatic rings. The first-order chi connectivity index (χ1) is 7.61. The zero-order valence-corrected chi connectivity index (χ0v) is 9.88. The lowest BCUT2D eigenvalue weighted by Gasteiger charge is -2.31. The van der Waals surface area contributed by atoms with Crippen LogP contribution in [0.15, 0.2) is 0 Å². The fourth-order valence-electron chi connectivity index (χ4n) is 1.73. The van der Waals surface area contributed by atoms with Crippen LogP contribution in [0.3, 0.4) is 0 Å². The van der Waals surface area contributed by atoms with Crippen LogP contribution >= 0.6 is 0 Å². The highest BCUT2D eigenvalue weighted by Crippen LogP contribution is 1.99. The number of nitrogens with one attached hydrogen (secondary N) is 3. The minimum Gasteiger partial charge on any atom is -0.341 e. The lowest BCUT2D eigenvalue weighted by atomic mass is 10.2. The molecule has 0 aromatic carbocycles. The second-order valence-corrected chi connectivity index (χ2v) is 4.03. The van der Waals surface area contributed by atoms with Gasteiger partial charge in [-0.15, -0.1) is 0 Å². The Morgan fingerprint density at radius 3 is 2.88 bits per heavy atom. The minimum absolute atomic E-state index is 0.231. The second-order valence-electron chi connectivity index (χ2n) is 4.03. The summed E-state index contributed by atoms with van der Waals surface area (Å²) < 4.78 is 0. The summed E-state index contributed by atoms with van der Waals surface area (Å²) in [5.41, 5.74) is 0. The molecule has 0 radical (unpaired) electrons. The van der Waals surface area contributed by atoms with Gasteiger partial charge in [-0.05, 0) is 6.92 Å². The van der Waals surface area contributed by atoms with Crippen LogP contribution < -0.4 is 16.0 Å².